The third-order valence-electron chi connectivity index (χ3n) is 1.17. The Morgan fingerprint density at radius 3 is 2.20 bits per heavy atom. The zero-order valence-electron chi connectivity index (χ0n) is 6.10. The van der Waals surface area contributed by atoms with Gasteiger partial charge in [0.2, 0.25) is 0 Å². The van der Waals surface area contributed by atoms with Crippen LogP contribution in [0, 0.1) is 17.2 Å². The number of halogens is 2. The second-order valence-corrected chi connectivity index (χ2v) is 4.36. The molecule has 0 heterocycles. The van der Waals surface area contributed by atoms with E-state index in [4.69, 9.17) is 5.26 Å². The highest BCUT2D eigenvalue weighted by Gasteiger charge is 2.20. The summed E-state index contributed by atoms with van der Waals surface area (Å²) in [5.74, 6) is -0.699. The molecule has 0 bridgehead atoms. The van der Waals surface area contributed by atoms with Crippen molar-refractivity contribution in [3.63, 3.8) is 0 Å². The van der Waals surface area contributed by atoms with E-state index in [2.05, 4.69) is 0 Å². The van der Waals surface area contributed by atoms with Gasteiger partial charge in [0.15, 0.2) is 0 Å². The van der Waals surface area contributed by atoms with Crippen LogP contribution in [-0.2, 0) is 0 Å². The molecule has 0 aromatic heterocycles. The van der Waals surface area contributed by atoms with Crippen LogP contribution in [0.15, 0.2) is 0 Å². The van der Waals surface area contributed by atoms with Gasteiger partial charge in [0.05, 0.1) is 22.8 Å². The number of nitrogens with zero attached hydrogens (tertiary/aromatic N) is 1. The van der Waals surface area contributed by atoms with Crippen LogP contribution in [0.2, 0.25) is 0 Å². The highest BCUT2D eigenvalue weighted by molar-refractivity contribution is 8.24. The molecule has 60 valence electrons. The van der Waals surface area contributed by atoms with Crippen molar-refractivity contribution in [2.45, 2.75) is 13.3 Å². The molecule has 1 atom stereocenters. The van der Waals surface area contributed by atoms with Gasteiger partial charge in [0.1, 0.15) is 0 Å². The fourth-order valence-electron chi connectivity index (χ4n) is 0.600. The molecule has 0 fully saturated rings. The molecule has 0 aromatic rings. The molecule has 10 heavy (non-hydrogen) atoms. The van der Waals surface area contributed by atoms with Crippen LogP contribution >= 0.6 is 10.8 Å². The first-order valence-electron chi connectivity index (χ1n) is 3.04. The summed E-state index contributed by atoms with van der Waals surface area (Å²) in [6.45, 7) is 1.75. The predicted molar refractivity (Wildman–Crippen MR) is 40.0 cm³/mol. The van der Waals surface area contributed by atoms with Gasteiger partial charge in [-0.3, -0.25) is 0 Å². The molecule has 0 aromatic carbocycles. The first-order chi connectivity index (χ1) is 4.49. The fraction of sp³-hybridized carbons (Fsp3) is 0.833. The molecular formula is C6H11F2NS. The predicted octanol–water partition coefficient (Wildman–Crippen LogP) is 2.74. The number of rotatable bonds is 3. The van der Waals surface area contributed by atoms with Crippen molar-refractivity contribution in [2.24, 2.45) is 5.92 Å². The quantitative estimate of drug-likeness (QED) is 0.634. The van der Waals surface area contributed by atoms with E-state index in [1.165, 1.54) is 0 Å². The lowest BCUT2D eigenvalue weighted by Gasteiger charge is -2.16. The van der Waals surface area contributed by atoms with Gasteiger partial charge in [-0.05, 0) is 6.42 Å². The highest BCUT2D eigenvalue weighted by Crippen LogP contribution is 2.49. The lowest BCUT2D eigenvalue weighted by molar-refractivity contribution is 0.670. The van der Waals surface area contributed by atoms with E-state index < -0.39 is 16.7 Å². The summed E-state index contributed by atoms with van der Waals surface area (Å²) in [6, 6.07) is 1.85. The van der Waals surface area contributed by atoms with Gasteiger partial charge in [0, 0.05) is 12.0 Å². The summed E-state index contributed by atoms with van der Waals surface area (Å²) in [5, 5.41) is 8.32. The number of hydrogen-bond donors (Lipinski definition) is 0. The molecule has 4 heteroatoms. The zero-order chi connectivity index (χ0) is 8.20. The maximum atomic E-state index is 12.3. The standard InChI is InChI=1S/C6H11F2NS/c1-3-6(4-9)5-10(2,7)8/h6H,3,5H2,1-2H3. The molecule has 0 amide bonds. The smallest absolute Gasteiger partial charge is 0.0665 e. The van der Waals surface area contributed by atoms with E-state index in [9.17, 15) is 7.77 Å². The van der Waals surface area contributed by atoms with E-state index in [-0.39, 0.29) is 5.75 Å². The van der Waals surface area contributed by atoms with Crippen molar-refractivity contribution >= 4 is 10.8 Å². The Kier molecular flexibility index (Phi) is 3.66. The summed E-state index contributed by atoms with van der Waals surface area (Å²) >= 11 is 0. The van der Waals surface area contributed by atoms with Crippen molar-refractivity contribution in [1.82, 2.24) is 0 Å². The first kappa shape index (κ1) is 9.70. The Balaban J connectivity index is 3.78. The van der Waals surface area contributed by atoms with Crippen LogP contribution in [0.1, 0.15) is 13.3 Å². The summed E-state index contributed by atoms with van der Waals surface area (Å²) in [7, 11) is -3.47. The van der Waals surface area contributed by atoms with Crippen LogP contribution in [-0.4, -0.2) is 12.0 Å². The molecule has 0 rings (SSSR count). The van der Waals surface area contributed by atoms with Crippen molar-refractivity contribution in [1.29, 1.82) is 5.26 Å². The molecule has 0 N–H and O–H groups in total. The van der Waals surface area contributed by atoms with Crippen LogP contribution in [0.5, 0.6) is 0 Å². The van der Waals surface area contributed by atoms with Crippen LogP contribution in [0.4, 0.5) is 7.77 Å². The van der Waals surface area contributed by atoms with Gasteiger partial charge in [-0.1, -0.05) is 6.92 Å². The summed E-state index contributed by atoms with van der Waals surface area (Å²) in [6.07, 6.45) is 1.44. The van der Waals surface area contributed by atoms with E-state index >= 15 is 0 Å². The lowest BCUT2D eigenvalue weighted by atomic mass is 10.1. The van der Waals surface area contributed by atoms with Gasteiger partial charge in [0.25, 0.3) is 0 Å². The number of nitriles is 1. The minimum Gasteiger partial charge on any atom is -0.198 e. The lowest BCUT2D eigenvalue weighted by Crippen LogP contribution is -2.04. The minimum absolute atomic E-state index is 0.236. The largest absolute Gasteiger partial charge is 0.198 e. The van der Waals surface area contributed by atoms with Gasteiger partial charge in [-0.15, -0.1) is 0 Å². The Morgan fingerprint density at radius 2 is 2.10 bits per heavy atom. The van der Waals surface area contributed by atoms with Crippen LogP contribution in [0.3, 0.4) is 0 Å². The van der Waals surface area contributed by atoms with E-state index in [0.29, 0.717) is 6.42 Å². The second kappa shape index (κ2) is 3.77. The molecule has 0 aliphatic heterocycles. The maximum Gasteiger partial charge on any atom is 0.0665 e. The third kappa shape index (κ3) is 4.57. The average molecular weight is 167 g/mol. The molecule has 0 radical (unpaired) electrons. The highest BCUT2D eigenvalue weighted by atomic mass is 32.3. The SMILES string of the molecule is CCC(C#N)CS(C)(F)F. The summed E-state index contributed by atoms with van der Waals surface area (Å²) in [4.78, 5) is 0. The molecule has 0 saturated carbocycles. The fourth-order valence-corrected chi connectivity index (χ4v) is 1.62. The molecule has 1 nitrogen and oxygen atoms in total. The topological polar surface area (TPSA) is 23.8 Å². The van der Waals surface area contributed by atoms with E-state index in [1.807, 2.05) is 6.07 Å². The van der Waals surface area contributed by atoms with Crippen molar-refractivity contribution < 1.29 is 7.77 Å². The van der Waals surface area contributed by atoms with Crippen molar-refractivity contribution in [2.75, 3.05) is 12.0 Å². The van der Waals surface area contributed by atoms with Gasteiger partial charge < -0.3 is 0 Å². The molecule has 0 spiro atoms. The Morgan fingerprint density at radius 1 is 1.60 bits per heavy atom. The third-order valence-corrected chi connectivity index (χ3v) is 2.16. The first-order valence-corrected chi connectivity index (χ1v) is 5.05. The van der Waals surface area contributed by atoms with Crippen molar-refractivity contribution in [3.8, 4) is 6.07 Å². The molecular weight excluding hydrogens is 156 g/mol. The van der Waals surface area contributed by atoms with Crippen molar-refractivity contribution in [3.05, 3.63) is 0 Å². The van der Waals surface area contributed by atoms with Crippen LogP contribution < -0.4 is 0 Å². The number of hydrogen-bond acceptors (Lipinski definition) is 1. The van der Waals surface area contributed by atoms with Crippen LogP contribution in [0.25, 0.3) is 0 Å². The van der Waals surface area contributed by atoms with E-state index in [1.54, 1.807) is 6.92 Å². The summed E-state index contributed by atoms with van der Waals surface area (Å²) < 4.78 is 24.6. The maximum absolute atomic E-state index is 12.3. The summed E-state index contributed by atoms with van der Waals surface area (Å²) in [5.41, 5.74) is 0. The van der Waals surface area contributed by atoms with Gasteiger partial charge in [-0.25, -0.2) is 0 Å². The molecule has 0 saturated heterocycles. The average Bonchev–Trinajstić information content (AvgIpc) is 1.81. The molecule has 0 aliphatic carbocycles. The second-order valence-electron chi connectivity index (χ2n) is 2.27. The van der Waals surface area contributed by atoms with Gasteiger partial charge >= 0.3 is 0 Å². The molecule has 0 aliphatic rings. The minimum atomic E-state index is -3.47. The van der Waals surface area contributed by atoms with E-state index in [0.717, 1.165) is 6.26 Å². The Hall–Kier alpha value is -0.300. The Labute approximate surface area is 61.9 Å². The zero-order valence-corrected chi connectivity index (χ0v) is 6.92. The monoisotopic (exact) mass is 167 g/mol. The van der Waals surface area contributed by atoms with Gasteiger partial charge in [-0.2, -0.15) is 13.0 Å². The Bertz CT molecular complexity index is 136. The normalized spacial score (nSPS) is 15.9. The molecule has 1 unspecified atom stereocenters.